The molecule has 5 aliphatic rings. The van der Waals surface area contributed by atoms with Gasteiger partial charge in [0, 0.05) is 12.3 Å². The number of hydrogen-bond acceptors (Lipinski definition) is 1. The first-order valence-corrected chi connectivity index (χ1v) is 7.81. The summed E-state index contributed by atoms with van der Waals surface area (Å²) in [6.07, 6.45) is 9.77. The van der Waals surface area contributed by atoms with E-state index in [0.29, 0.717) is 29.0 Å². The van der Waals surface area contributed by atoms with E-state index in [2.05, 4.69) is 19.9 Å². The van der Waals surface area contributed by atoms with Gasteiger partial charge in [-0.3, -0.25) is 4.79 Å². The average molecular weight is 244 g/mol. The summed E-state index contributed by atoms with van der Waals surface area (Å²) >= 11 is 0. The maximum atomic E-state index is 12.3. The van der Waals surface area contributed by atoms with Crippen molar-refractivity contribution >= 4 is 5.78 Å². The topological polar surface area (TPSA) is 17.1 Å². The monoisotopic (exact) mass is 244 g/mol. The second-order valence-electron chi connectivity index (χ2n) is 7.73. The van der Waals surface area contributed by atoms with Crippen LogP contribution in [0.4, 0.5) is 0 Å². The third-order valence-corrected chi connectivity index (χ3v) is 6.81. The summed E-state index contributed by atoms with van der Waals surface area (Å²) in [4.78, 5) is 12.3. The molecule has 0 aromatic carbocycles. The summed E-state index contributed by atoms with van der Waals surface area (Å²) < 4.78 is 0. The van der Waals surface area contributed by atoms with Gasteiger partial charge in [-0.15, -0.1) is 0 Å². The molecule has 0 aromatic rings. The van der Waals surface area contributed by atoms with E-state index in [4.69, 9.17) is 0 Å². The molecule has 0 unspecified atom stereocenters. The van der Waals surface area contributed by atoms with Crippen molar-refractivity contribution in [2.75, 3.05) is 0 Å². The highest BCUT2D eigenvalue weighted by Gasteiger charge is 2.58. The second-order valence-corrected chi connectivity index (χ2v) is 7.73. The Bertz CT molecular complexity index is 431. The Morgan fingerprint density at radius 1 is 1.28 bits per heavy atom. The standard InChI is InChI=1S/C17H24O/c1-17(2)11-8-13-12(14(17)9-11)7-6-10-4-3-5-15(18)16(10)13/h7,10-11,13-14,16H,3-6,8-9H2,1-2H3/t10-,11+,13+,14+,16-/m1/s1. The Labute approximate surface area is 110 Å². The SMILES string of the molecule is CC1(C)[C@H]2C[C@H]3C(=CC[C@H]4CCCC(=O)[C@H]43)[C@@H]1C2. The number of allylic oxidation sites excluding steroid dienone is 2. The van der Waals surface area contributed by atoms with Crippen molar-refractivity contribution in [3.8, 4) is 0 Å². The smallest absolute Gasteiger partial charge is 0.136 e. The van der Waals surface area contributed by atoms with Crippen LogP contribution in [0.3, 0.4) is 0 Å². The van der Waals surface area contributed by atoms with E-state index in [0.717, 1.165) is 24.7 Å². The first-order valence-electron chi connectivity index (χ1n) is 7.81. The fourth-order valence-corrected chi connectivity index (χ4v) is 5.58. The van der Waals surface area contributed by atoms with Gasteiger partial charge < -0.3 is 0 Å². The number of hydrogen-bond donors (Lipinski definition) is 0. The Kier molecular flexibility index (Phi) is 2.18. The van der Waals surface area contributed by atoms with Gasteiger partial charge in [0.15, 0.2) is 0 Å². The Morgan fingerprint density at radius 2 is 2.11 bits per heavy atom. The number of carbonyl (C=O) groups excluding carboxylic acids is 1. The minimum absolute atomic E-state index is 0.417. The summed E-state index contributed by atoms with van der Waals surface area (Å²) in [5.41, 5.74) is 2.21. The Hall–Kier alpha value is -0.590. The van der Waals surface area contributed by atoms with Crippen LogP contribution >= 0.6 is 0 Å². The molecule has 1 nitrogen and oxygen atoms in total. The lowest BCUT2D eigenvalue weighted by Gasteiger charge is -2.63. The van der Waals surface area contributed by atoms with Crippen LogP contribution < -0.4 is 0 Å². The van der Waals surface area contributed by atoms with Crippen molar-refractivity contribution in [3.05, 3.63) is 11.6 Å². The van der Waals surface area contributed by atoms with E-state index in [9.17, 15) is 4.79 Å². The van der Waals surface area contributed by atoms with Gasteiger partial charge in [-0.1, -0.05) is 25.5 Å². The van der Waals surface area contributed by atoms with Gasteiger partial charge in [-0.05, 0) is 61.2 Å². The maximum Gasteiger partial charge on any atom is 0.136 e. The molecule has 0 aromatic heterocycles. The van der Waals surface area contributed by atoms with Crippen LogP contribution in [0.1, 0.15) is 52.4 Å². The number of fused-ring (bicyclic) bond motifs is 1. The molecule has 0 radical (unpaired) electrons. The summed E-state index contributed by atoms with van der Waals surface area (Å²) in [7, 11) is 0. The van der Waals surface area contributed by atoms with Crippen molar-refractivity contribution in [3.63, 3.8) is 0 Å². The van der Waals surface area contributed by atoms with Crippen molar-refractivity contribution in [2.45, 2.75) is 52.4 Å². The third kappa shape index (κ3) is 1.26. The van der Waals surface area contributed by atoms with E-state index in [1.807, 2.05) is 0 Å². The third-order valence-electron chi connectivity index (χ3n) is 6.81. The fraction of sp³-hybridized carbons (Fsp3) is 0.824. The van der Waals surface area contributed by atoms with Crippen molar-refractivity contribution in [1.82, 2.24) is 0 Å². The quantitative estimate of drug-likeness (QED) is 0.589. The van der Waals surface area contributed by atoms with Crippen molar-refractivity contribution < 1.29 is 4.79 Å². The molecular weight excluding hydrogens is 220 g/mol. The minimum atomic E-state index is 0.417. The first-order chi connectivity index (χ1) is 8.59. The van der Waals surface area contributed by atoms with Crippen LogP contribution in [0.15, 0.2) is 11.6 Å². The molecule has 5 rings (SSSR count). The fourth-order valence-electron chi connectivity index (χ4n) is 5.58. The van der Waals surface area contributed by atoms with E-state index in [1.165, 1.54) is 25.7 Å². The van der Waals surface area contributed by atoms with Gasteiger partial charge >= 0.3 is 0 Å². The van der Waals surface area contributed by atoms with Gasteiger partial charge in [0.2, 0.25) is 0 Å². The number of Topliss-reactive ketones (excluding diaryl/α,β-unsaturated/α-hetero) is 1. The highest BCUT2D eigenvalue weighted by molar-refractivity contribution is 5.83. The van der Waals surface area contributed by atoms with Crippen LogP contribution in [-0.4, -0.2) is 5.78 Å². The van der Waals surface area contributed by atoms with Crippen LogP contribution in [0.2, 0.25) is 0 Å². The largest absolute Gasteiger partial charge is 0.299 e. The Balaban J connectivity index is 1.70. The molecule has 18 heavy (non-hydrogen) atoms. The summed E-state index contributed by atoms with van der Waals surface area (Å²) in [6.45, 7) is 4.88. The Morgan fingerprint density at radius 3 is 2.89 bits per heavy atom. The molecule has 0 aliphatic heterocycles. The van der Waals surface area contributed by atoms with Crippen LogP contribution in [0.25, 0.3) is 0 Å². The molecule has 0 saturated heterocycles. The molecule has 4 saturated carbocycles. The molecule has 4 fully saturated rings. The number of rotatable bonds is 0. The maximum absolute atomic E-state index is 12.3. The molecule has 0 spiro atoms. The average Bonchev–Trinajstić information content (AvgIpc) is 2.37. The highest BCUT2D eigenvalue weighted by Crippen LogP contribution is 2.66. The van der Waals surface area contributed by atoms with Gasteiger partial charge in [0.25, 0.3) is 0 Å². The van der Waals surface area contributed by atoms with Gasteiger partial charge in [-0.25, -0.2) is 0 Å². The first kappa shape index (κ1) is 11.3. The van der Waals surface area contributed by atoms with Gasteiger partial charge in [0.1, 0.15) is 5.78 Å². The highest BCUT2D eigenvalue weighted by atomic mass is 16.1. The lowest BCUT2D eigenvalue weighted by molar-refractivity contribution is -0.133. The minimum Gasteiger partial charge on any atom is -0.299 e. The molecule has 98 valence electrons. The van der Waals surface area contributed by atoms with Crippen molar-refractivity contribution in [2.24, 2.45) is 35.0 Å². The van der Waals surface area contributed by atoms with E-state index < -0.39 is 0 Å². The zero-order valence-electron chi connectivity index (χ0n) is 11.6. The molecule has 5 atom stereocenters. The number of ketones is 1. The van der Waals surface area contributed by atoms with Gasteiger partial charge in [-0.2, -0.15) is 0 Å². The zero-order valence-corrected chi connectivity index (χ0v) is 11.6. The van der Waals surface area contributed by atoms with Crippen molar-refractivity contribution in [1.29, 1.82) is 0 Å². The summed E-state index contributed by atoms with van der Waals surface area (Å²) in [5, 5.41) is 0. The van der Waals surface area contributed by atoms with E-state index >= 15 is 0 Å². The van der Waals surface area contributed by atoms with Crippen LogP contribution in [0, 0.1) is 35.0 Å². The lowest BCUT2D eigenvalue weighted by atomic mass is 9.42. The second kappa shape index (κ2) is 3.49. The van der Waals surface area contributed by atoms with E-state index in [1.54, 1.807) is 5.57 Å². The van der Waals surface area contributed by atoms with Crippen LogP contribution in [0.5, 0.6) is 0 Å². The molecule has 0 N–H and O–H groups in total. The molecule has 5 aliphatic carbocycles. The molecular formula is C17H24O. The molecule has 2 bridgehead atoms. The number of carbonyl (C=O) groups is 1. The summed E-state index contributed by atoms with van der Waals surface area (Å²) in [6, 6.07) is 0. The molecule has 0 amide bonds. The molecule has 0 heterocycles. The van der Waals surface area contributed by atoms with Gasteiger partial charge in [0.05, 0.1) is 0 Å². The molecule has 1 heteroatoms. The normalized spacial score (nSPS) is 48.7. The predicted octanol–water partition coefficient (Wildman–Crippen LogP) is 3.98. The van der Waals surface area contributed by atoms with Crippen LogP contribution in [-0.2, 0) is 4.79 Å². The zero-order chi connectivity index (χ0) is 12.5. The van der Waals surface area contributed by atoms with E-state index in [-0.39, 0.29) is 0 Å². The predicted molar refractivity (Wildman–Crippen MR) is 72.0 cm³/mol. The summed E-state index contributed by atoms with van der Waals surface area (Å²) in [5.74, 6) is 4.05. The lowest BCUT2D eigenvalue weighted by Crippen LogP contribution is -2.55.